The van der Waals surface area contributed by atoms with Gasteiger partial charge in [0.1, 0.15) is 6.54 Å². The summed E-state index contributed by atoms with van der Waals surface area (Å²) in [6, 6.07) is 0. The topological polar surface area (TPSA) is 102 Å². The Morgan fingerprint density at radius 3 is 2.48 bits per heavy atom. The number of sulfone groups is 1. The van der Waals surface area contributed by atoms with Gasteiger partial charge in [-0.2, -0.15) is 0 Å². The fraction of sp³-hybridized carbons (Fsp3) is 0.880. The summed E-state index contributed by atoms with van der Waals surface area (Å²) in [5, 5.41) is 18.2. The van der Waals surface area contributed by atoms with Gasteiger partial charge in [0, 0.05) is 12.2 Å². The molecule has 33 heavy (non-hydrogen) atoms. The number of nitrogens with zero attached hydrogens (tertiary/aromatic N) is 3. The Bertz CT molecular complexity index is 1050. The van der Waals surface area contributed by atoms with Gasteiger partial charge in [0.25, 0.3) is 0 Å². The Balaban J connectivity index is 1.32. The molecule has 1 N–H and O–H groups in total. The SMILES string of the molecule is C[C@@]1(O)CC[C@@]2(C)[C@H](CC[C@@H]3[C@@H]2CC[C@]2(C)[C@@H](C(=O)Cn4cc(S(C)(=O)=O)nn4)CC[C@@H]32)C1. The van der Waals surface area contributed by atoms with Crippen LogP contribution < -0.4 is 0 Å². The van der Waals surface area contributed by atoms with Crippen molar-refractivity contribution in [3.8, 4) is 0 Å². The average Bonchev–Trinajstić information content (AvgIpc) is 3.32. The van der Waals surface area contributed by atoms with Crippen LogP contribution in [0.2, 0.25) is 0 Å². The Morgan fingerprint density at radius 1 is 1.06 bits per heavy atom. The van der Waals surface area contributed by atoms with E-state index in [-0.39, 0.29) is 28.7 Å². The summed E-state index contributed by atoms with van der Waals surface area (Å²) in [6.07, 6.45) is 12.2. The molecule has 1 heterocycles. The molecule has 4 fully saturated rings. The van der Waals surface area contributed by atoms with Gasteiger partial charge in [-0.15, -0.1) is 5.10 Å². The van der Waals surface area contributed by atoms with E-state index < -0.39 is 15.4 Å². The monoisotopic (exact) mass is 477 g/mol. The maximum absolute atomic E-state index is 13.4. The van der Waals surface area contributed by atoms with Crippen molar-refractivity contribution in [3.63, 3.8) is 0 Å². The van der Waals surface area contributed by atoms with Crippen LogP contribution in [-0.4, -0.2) is 46.2 Å². The van der Waals surface area contributed by atoms with Crippen molar-refractivity contribution in [3.05, 3.63) is 6.20 Å². The normalized spacial score (nSPS) is 45.2. The molecule has 8 atom stereocenters. The zero-order valence-corrected chi connectivity index (χ0v) is 21.3. The van der Waals surface area contributed by atoms with E-state index in [4.69, 9.17) is 0 Å². The average molecular weight is 478 g/mol. The minimum atomic E-state index is -3.43. The molecular weight excluding hydrogens is 438 g/mol. The standard InChI is InChI=1S/C25H39N3O4S/c1-23(30)11-12-24(2)16(13-23)5-6-17-18-7-8-20(25(18,3)10-9-19(17)24)21(29)14-28-15-22(26-27-28)33(4,31)32/h15-20,30H,5-14H2,1-4H3/t16-,17+,18+,19+,20-,23-,24+,25+/m1/s1. The largest absolute Gasteiger partial charge is 0.390 e. The molecule has 0 spiro atoms. The van der Waals surface area contributed by atoms with Crippen molar-refractivity contribution in [2.75, 3.05) is 6.26 Å². The van der Waals surface area contributed by atoms with Crippen molar-refractivity contribution in [2.24, 2.45) is 40.4 Å². The second-order valence-electron chi connectivity index (χ2n) is 12.5. The molecular formula is C25H39N3O4S. The lowest BCUT2D eigenvalue weighted by Gasteiger charge is -2.61. The van der Waals surface area contributed by atoms with Crippen LogP contribution in [0.25, 0.3) is 0 Å². The van der Waals surface area contributed by atoms with E-state index in [2.05, 4.69) is 24.2 Å². The van der Waals surface area contributed by atoms with Crippen LogP contribution in [0.5, 0.6) is 0 Å². The smallest absolute Gasteiger partial charge is 0.197 e. The first-order chi connectivity index (χ1) is 15.3. The van der Waals surface area contributed by atoms with E-state index in [1.807, 2.05) is 6.92 Å². The molecule has 0 bridgehead atoms. The van der Waals surface area contributed by atoms with Crippen molar-refractivity contribution in [1.82, 2.24) is 15.0 Å². The Labute approximate surface area is 197 Å². The number of hydrogen-bond acceptors (Lipinski definition) is 6. The summed E-state index contributed by atoms with van der Waals surface area (Å²) < 4.78 is 24.8. The Hall–Kier alpha value is -1.28. The molecule has 184 valence electrons. The number of Topliss-reactive ketones (excluding diaryl/α,β-unsaturated/α-hetero) is 1. The number of carbonyl (C=O) groups excluding carboxylic acids is 1. The highest BCUT2D eigenvalue weighted by Crippen LogP contribution is 2.68. The third-order valence-electron chi connectivity index (χ3n) is 10.6. The first-order valence-electron chi connectivity index (χ1n) is 12.7. The molecule has 4 aliphatic carbocycles. The first-order valence-corrected chi connectivity index (χ1v) is 14.6. The number of carbonyl (C=O) groups is 1. The predicted octanol–water partition coefficient (Wildman–Crippen LogP) is 3.66. The number of fused-ring (bicyclic) bond motifs is 5. The van der Waals surface area contributed by atoms with Crippen LogP contribution in [0.4, 0.5) is 0 Å². The molecule has 7 nitrogen and oxygen atoms in total. The van der Waals surface area contributed by atoms with Crippen LogP contribution in [0, 0.1) is 40.4 Å². The first kappa shape index (κ1) is 23.5. The highest BCUT2D eigenvalue weighted by molar-refractivity contribution is 7.90. The van der Waals surface area contributed by atoms with Crippen molar-refractivity contribution in [1.29, 1.82) is 0 Å². The number of rotatable bonds is 4. The summed E-state index contributed by atoms with van der Waals surface area (Å²) in [5.41, 5.74) is -0.178. The zero-order chi connectivity index (χ0) is 23.8. The van der Waals surface area contributed by atoms with Gasteiger partial charge in [-0.1, -0.05) is 19.1 Å². The van der Waals surface area contributed by atoms with Gasteiger partial charge in [-0.3, -0.25) is 4.79 Å². The van der Waals surface area contributed by atoms with Gasteiger partial charge < -0.3 is 5.11 Å². The van der Waals surface area contributed by atoms with Gasteiger partial charge in [0.2, 0.25) is 0 Å². The second kappa shape index (κ2) is 7.61. The highest BCUT2D eigenvalue weighted by Gasteiger charge is 2.61. The second-order valence-corrected chi connectivity index (χ2v) is 14.5. The summed E-state index contributed by atoms with van der Waals surface area (Å²) >= 11 is 0. The maximum Gasteiger partial charge on any atom is 0.197 e. The van der Waals surface area contributed by atoms with Crippen molar-refractivity contribution < 1.29 is 18.3 Å². The van der Waals surface area contributed by atoms with E-state index in [0.29, 0.717) is 29.1 Å². The summed E-state index contributed by atoms with van der Waals surface area (Å²) in [5.74, 6) is 2.74. The fourth-order valence-corrected chi connectivity index (χ4v) is 9.26. The third-order valence-corrected chi connectivity index (χ3v) is 11.5. The molecule has 0 amide bonds. The lowest BCUT2D eigenvalue weighted by Crippen LogP contribution is -2.55. The molecule has 0 aliphatic heterocycles. The fourth-order valence-electron chi connectivity index (χ4n) is 8.76. The van der Waals surface area contributed by atoms with Crippen LogP contribution in [0.3, 0.4) is 0 Å². The van der Waals surface area contributed by atoms with Crippen LogP contribution in [0.15, 0.2) is 11.2 Å². The number of aromatic nitrogens is 3. The molecule has 5 rings (SSSR count). The Kier molecular flexibility index (Phi) is 5.41. The minimum absolute atomic E-state index is 0.00644. The van der Waals surface area contributed by atoms with E-state index in [1.54, 1.807) is 0 Å². The molecule has 1 aromatic rings. The van der Waals surface area contributed by atoms with Gasteiger partial charge in [-0.05, 0) is 99.2 Å². The molecule has 0 unspecified atom stereocenters. The summed E-state index contributed by atoms with van der Waals surface area (Å²) in [4.78, 5) is 13.4. The Morgan fingerprint density at radius 2 is 1.79 bits per heavy atom. The van der Waals surface area contributed by atoms with Gasteiger partial charge in [0.05, 0.1) is 11.8 Å². The van der Waals surface area contributed by atoms with Crippen LogP contribution >= 0.6 is 0 Å². The lowest BCUT2D eigenvalue weighted by molar-refractivity contribution is -0.151. The molecule has 0 saturated heterocycles. The van der Waals surface area contributed by atoms with Crippen molar-refractivity contribution >= 4 is 15.6 Å². The highest BCUT2D eigenvalue weighted by atomic mass is 32.2. The van der Waals surface area contributed by atoms with Crippen molar-refractivity contribution in [2.45, 2.75) is 95.7 Å². The quantitative estimate of drug-likeness (QED) is 0.710. The minimum Gasteiger partial charge on any atom is -0.390 e. The van der Waals surface area contributed by atoms with Gasteiger partial charge >= 0.3 is 0 Å². The van der Waals surface area contributed by atoms with E-state index >= 15 is 0 Å². The van der Waals surface area contributed by atoms with E-state index in [9.17, 15) is 18.3 Å². The summed E-state index contributed by atoms with van der Waals surface area (Å²) in [7, 11) is -3.43. The van der Waals surface area contributed by atoms with E-state index in [1.165, 1.54) is 30.1 Å². The van der Waals surface area contributed by atoms with Gasteiger partial charge in [-0.25, -0.2) is 13.1 Å². The van der Waals surface area contributed by atoms with E-state index in [0.717, 1.165) is 44.8 Å². The third kappa shape index (κ3) is 3.79. The molecule has 8 heteroatoms. The number of aliphatic hydroxyl groups is 1. The molecule has 4 saturated carbocycles. The van der Waals surface area contributed by atoms with Crippen LogP contribution in [0.1, 0.15) is 78.6 Å². The van der Waals surface area contributed by atoms with Gasteiger partial charge in [0.15, 0.2) is 20.6 Å². The zero-order valence-electron chi connectivity index (χ0n) is 20.5. The molecule has 1 aromatic heterocycles. The number of hydrogen-bond donors (Lipinski definition) is 1. The molecule has 4 aliphatic rings. The molecule has 0 aromatic carbocycles. The summed E-state index contributed by atoms with van der Waals surface area (Å²) in [6.45, 7) is 6.94. The maximum atomic E-state index is 13.4. The van der Waals surface area contributed by atoms with Crippen LogP contribution in [-0.2, 0) is 21.2 Å². The molecule has 0 radical (unpaired) electrons. The number of ketones is 1. The predicted molar refractivity (Wildman–Crippen MR) is 124 cm³/mol. The lowest BCUT2D eigenvalue weighted by atomic mass is 9.44.